The second-order valence-corrected chi connectivity index (χ2v) is 7.62. The van der Waals surface area contributed by atoms with Crippen LogP contribution < -0.4 is 0 Å². The SMILES string of the molecule is C.C=CC.C=Cc1ccc(C)cc1.C=Cc1cccc(C)c1.C=Cc1cccnc1.C=Cc1ccncc1.CC.[CH3-].[CH3-].[CH3-].[Y].[Y].[Y]. The quantitative estimate of drug-likeness (QED) is 0.151. The number of pyridine rings is 2. The van der Waals surface area contributed by atoms with Crippen LogP contribution in [-0.2, 0) is 98.1 Å². The van der Waals surface area contributed by atoms with Gasteiger partial charge in [-0.25, -0.2) is 0 Å². The molecular weight excluding hydrogens is 787 g/mol. The van der Waals surface area contributed by atoms with Crippen molar-refractivity contribution in [3.8, 4) is 0 Å². The Bertz CT molecular complexity index is 1130. The van der Waals surface area contributed by atoms with Crippen molar-refractivity contribution < 1.29 is 98.1 Å². The molecule has 0 saturated carbocycles. The summed E-state index contributed by atoms with van der Waals surface area (Å²) >= 11 is 0. The molecule has 46 heavy (non-hydrogen) atoms. The summed E-state index contributed by atoms with van der Waals surface area (Å²) in [4.78, 5) is 7.73. The van der Waals surface area contributed by atoms with Gasteiger partial charge in [0, 0.05) is 123 Å². The minimum Gasteiger partial charge on any atom is -0.358 e. The zero-order valence-electron chi connectivity index (χ0n) is 29.3. The number of hydrogen-bond donors (Lipinski definition) is 0. The van der Waals surface area contributed by atoms with Crippen molar-refractivity contribution >= 4 is 24.3 Å². The third kappa shape index (κ3) is 40.8. The molecule has 0 aliphatic heterocycles. The molecule has 4 aromatic rings. The van der Waals surface area contributed by atoms with Crippen molar-refractivity contribution in [1.29, 1.82) is 0 Å². The molecule has 0 N–H and O–H groups in total. The summed E-state index contributed by atoms with van der Waals surface area (Å²) in [6, 6.07) is 24.2. The van der Waals surface area contributed by atoms with Gasteiger partial charge in [-0.2, -0.15) is 0 Å². The first-order valence-corrected chi connectivity index (χ1v) is 12.9. The van der Waals surface area contributed by atoms with Crippen LogP contribution in [0.1, 0.15) is 61.6 Å². The van der Waals surface area contributed by atoms with E-state index in [0.717, 1.165) is 11.1 Å². The van der Waals surface area contributed by atoms with Gasteiger partial charge >= 0.3 is 0 Å². The van der Waals surface area contributed by atoms with Gasteiger partial charge in [-0.1, -0.05) is 144 Å². The summed E-state index contributed by atoms with van der Waals surface area (Å²) < 4.78 is 0. The molecule has 2 aromatic carbocycles. The van der Waals surface area contributed by atoms with E-state index in [1.807, 2.05) is 69.3 Å². The van der Waals surface area contributed by atoms with Crippen molar-refractivity contribution in [2.45, 2.75) is 42.0 Å². The molecule has 245 valence electrons. The number of benzene rings is 2. The third-order valence-electron chi connectivity index (χ3n) is 4.45. The number of allylic oxidation sites excluding steroid dienone is 1. The van der Waals surface area contributed by atoms with E-state index in [1.54, 1.807) is 43.0 Å². The van der Waals surface area contributed by atoms with Crippen LogP contribution in [-0.4, -0.2) is 9.97 Å². The topological polar surface area (TPSA) is 25.8 Å². The van der Waals surface area contributed by atoms with Gasteiger partial charge in [0.05, 0.1) is 0 Å². The summed E-state index contributed by atoms with van der Waals surface area (Å²) in [5, 5.41) is 0. The van der Waals surface area contributed by atoms with Crippen LogP contribution in [0.3, 0.4) is 0 Å². The van der Waals surface area contributed by atoms with Gasteiger partial charge in [-0.05, 0) is 61.2 Å². The Kier molecular flexibility index (Phi) is 73.7. The monoisotopic (exact) mass is 846 g/mol. The van der Waals surface area contributed by atoms with Gasteiger partial charge < -0.3 is 22.3 Å². The molecule has 4 rings (SSSR count). The number of hydrogen-bond acceptors (Lipinski definition) is 2. The Morgan fingerprint density at radius 2 is 0.913 bits per heavy atom. The average Bonchev–Trinajstić information content (AvgIpc) is 3.01. The Morgan fingerprint density at radius 3 is 1.22 bits per heavy atom. The molecule has 2 aromatic heterocycles. The Balaban J connectivity index is -0.0000000516. The molecule has 0 saturated heterocycles. The minimum absolute atomic E-state index is 0. The molecule has 2 nitrogen and oxygen atoms in total. The Hall–Kier alpha value is -1.25. The van der Waals surface area contributed by atoms with E-state index in [4.69, 9.17) is 0 Å². The fraction of sp³-hybridized carbons (Fsp3) is 0.146. The summed E-state index contributed by atoms with van der Waals surface area (Å²) in [7, 11) is 0. The molecule has 0 fully saturated rings. The third-order valence-corrected chi connectivity index (χ3v) is 4.45. The van der Waals surface area contributed by atoms with E-state index in [0.29, 0.717) is 0 Å². The molecular formula is C41H59N2Y3-3. The second-order valence-electron chi connectivity index (χ2n) is 7.62. The molecule has 0 aliphatic carbocycles. The van der Waals surface area contributed by atoms with Crippen LogP contribution >= 0.6 is 0 Å². The van der Waals surface area contributed by atoms with E-state index in [1.165, 1.54) is 22.3 Å². The van der Waals surface area contributed by atoms with Crippen LogP contribution in [0.25, 0.3) is 24.3 Å². The summed E-state index contributed by atoms with van der Waals surface area (Å²) in [5.74, 6) is 0. The van der Waals surface area contributed by atoms with Crippen molar-refractivity contribution in [1.82, 2.24) is 9.97 Å². The molecule has 0 spiro atoms. The Labute approximate surface area is 362 Å². The van der Waals surface area contributed by atoms with Gasteiger partial charge in [-0.15, -0.1) is 6.58 Å². The average molecular weight is 847 g/mol. The molecule has 3 radical (unpaired) electrons. The van der Waals surface area contributed by atoms with E-state index in [9.17, 15) is 0 Å². The predicted molar refractivity (Wildman–Crippen MR) is 204 cm³/mol. The summed E-state index contributed by atoms with van der Waals surface area (Å²) in [5.41, 5.74) is 7.12. The van der Waals surface area contributed by atoms with Crippen molar-refractivity contribution in [3.63, 3.8) is 0 Å². The number of aryl methyl sites for hydroxylation is 2. The van der Waals surface area contributed by atoms with Gasteiger partial charge in [0.15, 0.2) is 0 Å². The van der Waals surface area contributed by atoms with Crippen LogP contribution in [0.15, 0.2) is 137 Å². The molecule has 5 heteroatoms. The first-order chi connectivity index (χ1) is 18.9. The van der Waals surface area contributed by atoms with Crippen LogP contribution in [0.4, 0.5) is 0 Å². The van der Waals surface area contributed by atoms with Gasteiger partial charge in [-0.3, -0.25) is 9.97 Å². The maximum Gasteiger partial charge on any atom is 0.0340 e. The van der Waals surface area contributed by atoms with Crippen molar-refractivity contribution in [3.05, 3.63) is 192 Å². The zero-order valence-corrected chi connectivity index (χ0v) is 37.8. The molecule has 0 atom stereocenters. The van der Waals surface area contributed by atoms with Gasteiger partial charge in [0.25, 0.3) is 0 Å². The van der Waals surface area contributed by atoms with E-state index in [2.05, 4.69) is 93.1 Å². The van der Waals surface area contributed by atoms with E-state index in [-0.39, 0.29) is 128 Å². The van der Waals surface area contributed by atoms with Crippen LogP contribution in [0.2, 0.25) is 0 Å². The van der Waals surface area contributed by atoms with Gasteiger partial charge in [0.1, 0.15) is 0 Å². The van der Waals surface area contributed by atoms with Gasteiger partial charge in [0.2, 0.25) is 0 Å². The maximum absolute atomic E-state index is 3.88. The zero-order chi connectivity index (χ0) is 29.7. The Morgan fingerprint density at radius 1 is 0.500 bits per heavy atom. The molecule has 0 bridgehead atoms. The van der Waals surface area contributed by atoms with E-state index >= 15 is 0 Å². The smallest absolute Gasteiger partial charge is 0.0340 e. The number of aromatic nitrogens is 2. The fourth-order valence-electron chi connectivity index (χ4n) is 2.50. The van der Waals surface area contributed by atoms with Crippen molar-refractivity contribution in [2.75, 3.05) is 0 Å². The molecule has 0 unspecified atom stereocenters. The maximum atomic E-state index is 3.88. The van der Waals surface area contributed by atoms with Crippen LogP contribution in [0, 0.1) is 36.1 Å². The summed E-state index contributed by atoms with van der Waals surface area (Å²) in [6.45, 7) is 27.9. The second kappa shape index (κ2) is 50.6. The minimum atomic E-state index is 0. The molecule has 2 heterocycles. The largest absolute Gasteiger partial charge is 0.358 e. The fourth-order valence-corrected chi connectivity index (χ4v) is 2.50. The predicted octanol–water partition coefficient (Wildman–Crippen LogP) is 12.9. The molecule has 0 aliphatic rings. The molecule has 0 amide bonds. The van der Waals surface area contributed by atoms with E-state index < -0.39 is 0 Å². The standard InChI is InChI=1S/2C9H10.2C7H7N.C3H6.C2H6.CH4.3CH3.3Y/c1-3-9-6-4-8(2)5-7-9;1-3-9-6-4-5-8(2)7-9;1-2-7-3-5-8-6-4-7;1-2-7-4-3-5-8-6-7;1-3-2;1-2;;;;;;;/h2*3-7H,1H2,2H3;2*2-6H,1H2;3H,1H2,2H3;1-2H3;1H4;3*1H3;;;/q;;;;;;;3*-1;;;. The number of nitrogens with zero attached hydrogens (tertiary/aromatic N) is 2. The first kappa shape index (κ1) is 67.0. The normalized spacial score (nSPS) is 6.89. The van der Waals surface area contributed by atoms with Crippen LogP contribution in [0.5, 0.6) is 0 Å². The van der Waals surface area contributed by atoms with Crippen molar-refractivity contribution in [2.24, 2.45) is 0 Å². The summed E-state index contributed by atoms with van der Waals surface area (Å²) in [6.07, 6.45) is 16.0. The number of rotatable bonds is 4. The first-order valence-electron chi connectivity index (χ1n) is 12.9.